The van der Waals surface area contributed by atoms with Gasteiger partial charge in [0.2, 0.25) is 0 Å². The van der Waals surface area contributed by atoms with Crippen molar-refractivity contribution in [1.29, 1.82) is 0 Å². The van der Waals surface area contributed by atoms with Crippen molar-refractivity contribution in [2.75, 3.05) is 24.4 Å². The van der Waals surface area contributed by atoms with E-state index in [2.05, 4.69) is 35.3 Å². The van der Waals surface area contributed by atoms with Crippen LogP contribution in [0.15, 0.2) is 78.1 Å². The first-order valence-electron chi connectivity index (χ1n) is 16.0. The van der Waals surface area contributed by atoms with Crippen molar-refractivity contribution in [2.24, 2.45) is 5.73 Å². The molecular weight excluding hydrogens is 639 g/mol. The van der Waals surface area contributed by atoms with E-state index in [0.717, 1.165) is 28.1 Å². The summed E-state index contributed by atoms with van der Waals surface area (Å²) in [5.41, 5.74) is 9.94. The van der Waals surface area contributed by atoms with Gasteiger partial charge in [0.05, 0.1) is 24.2 Å². The molecule has 4 heterocycles. The van der Waals surface area contributed by atoms with Gasteiger partial charge in [-0.25, -0.2) is 19.3 Å². The largest absolute Gasteiger partial charge is 0.496 e. The van der Waals surface area contributed by atoms with Crippen LogP contribution in [-0.2, 0) is 11.5 Å². The number of carbonyl (C=O) groups is 1. The summed E-state index contributed by atoms with van der Waals surface area (Å²) in [5, 5.41) is 11.8. The second-order valence-electron chi connectivity index (χ2n) is 13.2. The molecule has 0 aliphatic carbocycles. The Labute approximate surface area is 284 Å². The van der Waals surface area contributed by atoms with Gasteiger partial charge in [-0.2, -0.15) is 5.10 Å². The van der Waals surface area contributed by atoms with Crippen molar-refractivity contribution in [1.82, 2.24) is 28.7 Å². The lowest BCUT2D eigenvalue weighted by Gasteiger charge is -2.20. The highest BCUT2D eigenvalue weighted by atomic mass is 28.3. The monoisotopic (exact) mass is 679 g/mol. The molecule has 0 spiro atoms. The van der Waals surface area contributed by atoms with Gasteiger partial charge in [-0.15, -0.1) is 0 Å². The van der Waals surface area contributed by atoms with Gasteiger partial charge in [-0.05, 0) is 55.8 Å². The second-order valence-corrected chi connectivity index (χ2v) is 18.8. The number of carbonyl (C=O) groups excluding carboxylic acids is 1. The first-order valence-corrected chi connectivity index (χ1v) is 19.7. The van der Waals surface area contributed by atoms with Gasteiger partial charge in [0.1, 0.15) is 35.8 Å². The highest BCUT2D eigenvalue weighted by molar-refractivity contribution is 6.76. The predicted octanol–water partition coefficient (Wildman–Crippen LogP) is 6.19. The fraction of sp³-hybridized carbons (Fsp3) is 0.286. The van der Waals surface area contributed by atoms with Gasteiger partial charge in [0.25, 0.3) is 5.56 Å². The van der Waals surface area contributed by atoms with Gasteiger partial charge in [0, 0.05) is 50.0 Å². The fourth-order valence-corrected chi connectivity index (χ4v) is 6.58. The summed E-state index contributed by atoms with van der Waals surface area (Å²) in [7, 11) is 0.274. The van der Waals surface area contributed by atoms with Gasteiger partial charge < -0.3 is 30.4 Å². The van der Waals surface area contributed by atoms with Crippen LogP contribution in [0.5, 0.6) is 5.75 Å². The molecule has 0 aliphatic heterocycles. The summed E-state index contributed by atoms with van der Waals surface area (Å²) in [6.45, 7) is 11.7. The smallest absolute Gasteiger partial charge is 0.316 e. The number of ether oxygens (including phenoxy) is 2. The number of fused-ring (bicyclic) bond motifs is 2. The molecule has 0 radical (unpaired) electrons. The molecule has 0 unspecified atom stereocenters. The van der Waals surface area contributed by atoms with Gasteiger partial charge in [-0.1, -0.05) is 37.8 Å². The van der Waals surface area contributed by atoms with Crippen molar-refractivity contribution in [3.63, 3.8) is 0 Å². The lowest BCUT2D eigenvalue weighted by atomic mass is 10.0. The Hall–Kier alpha value is -5.47. The first-order chi connectivity index (χ1) is 23.4. The Morgan fingerprint density at radius 2 is 1.84 bits per heavy atom. The highest BCUT2D eigenvalue weighted by Crippen LogP contribution is 2.40. The molecule has 13 nitrogen and oxygen atoms in total. The van der Waals surface area contributed by atoms with Crippen molar-refractivity contribution >= 4 is 42.2 Å². The summed E-state index contributed by atoms with van der Waals surface area (Å²) in [4.78, 5) is 34.9. The molecule has 6 rings (SSSR count). The van der Waals surface area contributed by atoms with Gasteiger partial charge >= 0.3 is 6.03 Å². The van der Waals surface area contributed by atoms with E-state index in [1.165, 1.54) is 6.33 Å². The molecule has 4 N–H and O–H groups in total. The Kier molecular flexibility index (Phi) is 9.25. The molecule has 0 bridgehead atoms. The van der Waals surface area contributed by atoms with Crippen LogP contribution in [0.1, 0.15) is 24.4 Å². The van der Waals surface area contributed by atoms with Gasteiger partial charge in [-0.3, -0.25) is 9.36 Å². The number of hydrogen-bond donors (Lipinski definition) is 3. The minimum atomic E-state index is -1.29. The number of methoxy groups -OCH3 is 1. The van der Waals surface area contributed by atoms with E-state index in [9.17, 15) is 9.59 Å². The number of nitrogens with zero attached hydrogens (tertiary/aromatic N) is 6. The average Bonchev–Trinajstić information content (AvgIpc) is 3.63. The standard InChI is InChI=1S/C35H41N9O4Si/c1-22-14-15-43-30(22)34(45)44(25-10-8-7-9-11-25)32(41-43)23(2)39-31-29-27(26-13-12-24(40-35(36)46)18-28(26)47-3)19-42(33(29)38-20-37-31)21-48-16-17-49(4,5)6/h7-15,18-20,23H,16-17,21H2,1-6H3,(H3,36,40,46)(H,37,38,39)/t23-/m0/s1. The summed E-state index contributed by atoms with van der Waals surface area (Å²) in [6.07, 6.45) is 5.27. The number of hydrogen-bond acceptors (Lipinski definition) is 8. The van der Waals surface area contributed by atoms with Crippen molar-refractivity contribution in [3.8, 4) is 22.6 Å². The number of nitrogens with one attached hydrogen (secondary N) is 2. The Morgan fingerprint density at radius 3 is 2.55 bits per heavy atom. The third-order valence-electron chi connectivity index (χ3n) is 8.31. The molecule has 2 aromatic carbocycles. The number of urea groups is 1. The minimum Gasteiger partial charge on any atom is -0.496 e. The van der Waals surface area contributed by atoms with E-state index >= 15 is 0 Å². The number of aryl methyl sites for hydroxylation is 1. The van der Waals surface area contributed by atoms with Crippen LogP contribution < -0.4 is 26.7 Å². The SMILES string of the molecule is COc1cc(NC(N)=O)ccc1-c1cn(COCC[Si](C)(C)C)c2ncnc(N[C@@H](C)c3nn4ccc(C)c4c(=O)n3-c3ccccc3)c12. The van der Waals surface area contributed by atoms with Crippen LogP contribution >= 0.6 is 0 Å². The summed E-state index contributed by atoms with van der Waals surface area (Å²) < 4.78 is 17.2. The molecule has 0 aliphatic rings. The van der Waals surface area contributed by atoms with Crippen LogP contribution in [-0.4, -0.2) is 56.5 Å². The first kappa shape index (κ1) is 33.4. The van der Waals surface area contributed by atoms with Crippen LogP contribution in [0.2, 0.25) is 25.7 Å². The molecule has 14 heteroatoms. The number of anilines is 2. The molecule has 0 fully saturated rings. The number of para-hydroxylation sites is 1. The third kappa shape index (κ3) is 6.91. The zero-order chi connectivity index (χ0) is 34.9. The Bertz CT molecular complexity index is 2200. The quantitative estimate of drug-likeness (QED) is 0.102. The Morgan fingerprint density at radius 1 is 1.06 bits per heavy atom. The van der Waals surface area contributed by atoms with E-state index < -0.39 is 20.1 Å². The highest BCUT2D eigenvalue weighted by Gasteiger charge is 2.24. The lowest BCUT2D eigenvalue weighted by Crippen LogP contribution is -2.29. The van der Waals surface area contributed by atoms with E-state index in [-0.39, 0.29) is 12.3 Å². The minimum absolute atomic E-state index is 0.170. The van der Waals surface area contributed by atoms with Gasteiger partial charge in [0.15, 0.2) is 5.82 Å². The fourth-order valence-electron chi connectivity index (χ4n) is 5.82. The van der Waals surface area contributed by atoms with E-state index in [4.69, 9.17) is 25.3 Å². The second kappa shape index (κ2) is 13.6. The molecule has 49 heavy (non-hydrogen) atoms. The van der Waals surface area contributed by atoms with Crippen LogP contribution in [0.4, 0.5) is 16.3 Å². The molecular formula is C35H41N9O4Si. The zero-order valence-electron chi connectivity index (χ0n) is 28.5. The number of benzene rings is 2. The van der Waals surface area contributed by atoms with Crippen molar-refractivity contribution in [2.45, 2.75) is 52.3 Å². The van der Waals surface area contributed by atoms with Crippen LogP contribution in [0.25, 0.3) is 33.4 Å². The normalized spacial score (nSPS) is 12.4. The molecule has 2 amide bonds. The average molecular weight is 680 g/mol. The third-order valence-corrected chi connectivity index (χ3v) is 10.0. The zero-order valence-corrected chi connectivity index (χ0v) is 29.5. The topological polar surface area (TPSA) is 156 Å². The van der Waals surface area contributed by atoms with E-state index in [1.54, 1.807) is 34.5 Å². The molecule has 254 valence electrons. The van der Waals surface area contributed by atoms with E-state index in [1.807, 2.05) is 67.1 Å². The summed E-state index contributed by atoms with van der Waals surface area (Å²) >= 11 is 0. The maximum absolute atomic E-state index is 14.0. The number of primary amides is 1. The molecule has 0 saturated carbocycles. The molecule has 0 saturated heterocycles. The van der Waals surface area contributed by atoms with Crippen molar-refractivity contribution in [3.05, 3.63) is 95.1 Å². The van der Waals surface area contributed by atoms with Crippen LogP contribution in [0, 0.1) is 6.92 Å². The molecule has 6 aromatic rings. The lowest BCUT2D eigenvalue weighted by molar-refractivity contribution is 0.0899. The molecule has 4 aromatic heterocycles. The number of nitrogens with two attached hydrogens (primary N) is 1. The number of aromatic nitrogens is 6. The summed E-state index contributed by atoms with van der Waals surface area (Å²) in [6, 6.07) is 16.6. The van der Waals surface area contributed by atoms with E-state index in [0.29, 0.717) is 46.5 Å². The van der Waals surface area contributed by atoms with Crippen LogP contribution in [0.3, 0.4) is 0 Å². The Balaban J connectivity index is 1.48. The number of amides is 2. The maximum atomic E-state index is 14.0. The summed E-state index contributed by atoms with van der Waals surface area (Å²) in [5.74, 6) is 1.55. The number of rotatable bonds is 12. The molecule has 1 atom stereocenters. The van der Waals surface area contributed by atoms with Crippen molar-refractivity contribution < 1.29 is 14.3 Å². The predicted molar refractivity (Wildman–Crippen MR) is 194 cm³/mol. The maximum Gasteiger partial charge on any atom is 0.316 e.